The Kier molecular flexibility index (Phi) is 5.73. The number of hydrogen-bond acceptors (Lipinski definition) is 7. The van der Waals surface area contributed by atoms with Crippen LogP contribution in [0.1, 0.15) is 12.5 Å². The fourth-order valence-electron chi connectivity index (χ4n) is 2.48. The van der Waals surface area contributed by atoms with E-state index in [1.54, 1.807) is 36.4 Å². The summed E-state index contributed by atoms with van der Waals surface area (Å²) in [5, 5.41) is 9.92. The van der Waals surface area contributed by atoms with Gasteiger partial charge in [-0.3, -0.25) is 9.36 Å². The number of ether oxygens (including phenoxy) is 1. The predicted octanol–water partition coefficient (Wildman–Crippen LogP) is 2.82. The molecule has 0 fully saturated rings. The van der Waals surface area contributed by atoms with Gasteiger partial charge in [0.05, 0.1) is 16.6 Å². The maximum Gasteiger partial charge on any atom is 0.328 e. The number of nitrogens with zero attached hydrogens (tertiary/aromatic N) is 3. The minimum Gasteiger partial charge on any atom is -0.456 e. The molecular weight excluding hydrogens is 378 g/mol. The minimum atomic E-state index is -0.480. The van der Waals surface area contributed by atoms with Gasteiger partial charge in [0.2, 0.25) is 0 Å². The molecule has 0 unspecified atom stereocenters. The van der Waals surface area contributed by atoms with Crippen LogP contribution in [-0.2, 0) is 7.05 Å². The molecule has 3 rings (SSSR count). The maximum absolute atomic E-state index is 12.3. The van der Waals surface area contributed by atoms with Gasteiger partial charge in [0.25, 0.3) is 5.56 Å². The summed E-state index contributed by atoms with van der Waals surface area (Å²) in [6.45, 7) is 2.86. The molecule has 0 atom stereocenters. The van der Waals surface area contributed by atoms with Crippen molar-refractivity contribution in [1.29, 1.82) is 5.26 Å². The largest absolute Gasteiger partial charge is 0.456 e. The van der Waals surface area contributed by atoms with E-state index in [0.29, 0.717) is 33.7 Å². The fourth-order valence-corrected chi connectivity index (χ4v) is 3.03. The summed E-state index contributed by atoms with van der Waals surface area (Å²) in [7, 11) is 3.34. The zero-order valence-corrected chi connectivity index (χ0v) is 16.5. The Morgan fingerprint density at radius 2 is 2.11 bits per heavy atom. The average molecular weight is 397 g/mol. The number of anilines is 1. The molecule has 1 aromatic heterocycles. The Bertz CT molecular complexity index is 1180. The highest BCUT2D eigenvalue weighted by Gasteiger charge is 2.12. The third kappa shape index (κ3) is 3.88. The zero-order valence-electron chi connectivity index (χ0n) is 15.6. The van der Waals surface area contributed by atoms with Gasteiger partial charge in [0, 0.05) is 25.7 Å². The molecule has 1 heterocycles. The molecule has 144 valence electrons. The van der Waals surface area contributed by atoms with Crippen LogP contribution in [0.3, 0.4) is 0 Å². The summed E-state index contributed by atoms with van der Waals surface area (Å²) in [5.74, 6) is 0.761. The van der Waals surface area contributed by atoms with E-state index in [4.69, 9.17) is 4.74 Å². The molecule has 0 saturated heterocycles. The molecule has 0 aliphatic heterocycles. The van der Waals surface area contributed by atoms with Gasteiger partial charge in [-0.25, -0.2) is 9.10 Å². The number of nitrogens with one attached hydrogen (secondary N) is 2. The van der Waals surface area contributed by atoms with Crippen molar-refractivity contribution in [2.45, 2.75) is 6.92 Å². The topological polar surface area (TPSA) is 103 Å². The van der Waals surface area contributed by atoms with Crippen LogP contribution in [0, 0.1) is 11.3 Å². The van der Waals surface area contributed by atoms with Crippen LogP contribution >= 0.6 is 12.1 Å². The molecule has 0 radical (unpaired) electrons. The first-order valence-electron chi connectivity index (χ1n) is 8.52. The van der Waals surface area contributed by atoms with Crippen molar-refractivity contribution in [2.24, 2.45) is 7.05 Å². The van der Waals surface area contributed by atoms with E-state index in [2.05, 4.69) is 15.8 Å². The molecule has 0 bridgehead atoms. The number of aromatic nitrogens is 2. The molecule has 0 saturated carbocycles. The fraction of sp³-hybridized carbons (Fsp3) is 0.211. The first kappa shape index (κ1) is 19.5. The van der Waals surface area contributed by atoms with E-state index in [9.17, 15) is 14.9 Å². The summed E-state index contributed by atoms with van der Waals surface area (Å²) in [6, 6.07) is 12.2. The highest BCUT2D eigenvalue weighted by atomic mass is 32.2. The predicted molar refractivity (Wildman–Crippen MR) is 111 cm³/mol. The van der Waals surface area contributed by atoms with Crippen molar-refractivity contribution < 1.29 is 4.74 Å². The van der Waals surface area contributed by atoms with Gasteiger partial charge in [-0.2, -0.15) is 5.26 Å². The quantitative estimate of drug-likeness (QED) is 0.617. The first-order valence-corrected chi connectivity index (χ1v) is 9.30. The van der Waals surface area contributed by atoms with Crippen molar-refractivity contribution in [3.63, 3.8) is 0 Å². The van der Waals surface area contributed by atoms with Crippen molar-refractivity contribution >= 4 is 28.7 Å². The van der Waals surface area contributed by atoms with Gasteiger partial charge < -0.3 is 14.4 Å². The van der Waals surface area contributed by atoms with Gasteiger partial charge in [-0.05, 0) is 37.4 Å². The molecule has 2 N–H and O–H groups in total. The Labute approximate surface area is 165 Å². The van der Waals surface area contributed by atoms with Crippen LogP contribution in [0.4, 0.5) is 5.69 Å². The summed E-state index contributed by atoms with van der Waals surface area (Å²) in [5.41, 5.74) is 0.515. The number of fused-ring (bicyclic) bond motifs is 1. The van der Waals surface area contributed by atoms with Gasteiger partial charge >= 0.3 is 5.69 Å². The third-order valence-corrected chi connectivity index (χ3v) is 5.08. The number of nitriles is 1. The Hall–Kier alpha value is -3.22. The van der Waals surface area contributed by atoms with E-state index in [-0.39, 0.29) is 0 Å². The van der Waals surface area contributed by atoms with Gasteiger partial charge in [-0.1, -0.05) is 13.0 Å². The van der Waals surface area contributed by atoms with Crippen molar-refractivity contribution in [3.05, 3.63) is 62.8 Å². The third-order valence-electron chi connectivity index (χ3n) is 4.19. The van der Waals surface area contributed by atoms with Gasteiger partial charge in [0.15, 0.2) is 0 Å². The second-order valence-electron chi connectivity index (χ2n) is 6.03. The normalized spacial score (nSPS) is 10.8. The van der Waals surface area contributed by atoms with Crippen molar-refractivity contribution in [1.82, 2.24) is 13.9 Å². The molecule has 9 heteroatoms. The van der Waals surface area contributed by atoms with Crippen LogP contribution in [0.25, 0.3) is 10.9 Å². The van der Waals surface area contributed by atoms with Gasteiger partial charge in [-0.15, -0.1) is 0 Å². The highest BCUT2D eigenvalue weighted by Crippen LogP contribution is 2.32. The molecule has 0 spiro atoms. The van der Waals surface area contributed by atoms with Crippen LogP contribution in [-0.4, -0.2) is 27.4 Å². The SMILES string of the molecule is CCN(C)SNc1cccc(Oc2ccc3[nH]c(=O)n(C)c(=O)c3c2)c1C#N. The highest BCUT2D eigenvalue weighted by molar-refractivity contribution is 7.98. The molecule has 28 heavy (non-hydrogen) atoms. The lowest BCUT2D eigenvalue weighted by molar-refractivity contribution is 0.482. The standard InChI is InChI=1S/C19H19N5O3S/c1-4-23(2)28-22-16-6-5-7-17(14(16)11-20)27-12-8-9-15-13(10-12)18(25)24(3)19(26)21-15/h5-10,22H,4H2,1-3H3,(H,21,26). The van der Waals surface area contributed by atoms with Crippen LogP contribution in [0.5, 0.6) is 11.5 Å². The number of rotatable bonds is 6. The Morgan fingerprint density at radius 1 is 1.32 bits per heavy atom. The van der Waals surface area contributed by atoms with Crippen molar-refractivity contribution in [2.75, 3.05) is 18.3 Å². The maximum atomic E-state index is 12.3. The second-order valence-corrected chi connectivity index (χ2v) is 7.04. The van der Waals surface area contributed by atoms with E-state index >= 15 is 0 Å². The lowest BCUT2D eigenvalue weighted by Gasteiger charge is -2.16. The molecular formula is C19H19N5O3S. The average Bonchev–Trinajstić information content (AvgIpc) is 2.70. The first-order chi connectivity index (χ1) is 13.4. The monoisotopic (exact) mass is 397 g/mol. The molecule has 2 aromatic carbocycles. The van der Waals surface area contributed by atoms with Crippen molar-refractivity contribution in [3.8, 4) is 17.6 Å². The minimum absolute atomic E-state index is 0.326. The van der Waals surface area contributed by atoms with Crippen LogP contribution in [0.15, 0.2) is 46.0 Å². The smallest absolute Gasteiger partial charge is 0.328 e. The van der Waals surface area contributed by atoms with E-state index in [1.807, 2.05) is 18.3 Å². The Morgan fingerprint density at radius 3 is 2.82 bits per heavy atom. The lowest BCUT2D eigenvalue weighted by Crippen LogP contribution is -2.32. The molecule has 0 amide bonds. The molecule has 3 aromatic rings. The molecule has 0 aliphatic carbocycles. The summed E-state index contributed by atoms with van der Waals surface area (Å²) < 4.78 is 12.0. The second kappa shape index (κ2) is 8.21. The zero-order chi connectivity index (χ0) is 20.3. The van der Waals surface area contributed by atoms with E-state index < -0.39 is 11.2 Å². The lowest BCUT2D eigenvalue weighted by atomic mass is 10.2. The van der Waals surface area contributed by atoms with Crippen LogP contribution in [0.2, 0.25) is 0 Å². The van der Waals surface area contributed by atoms with Crippen LogP contribution < -0.4 is 20.7 Å². The number of aromatic amines is 1. The summed E-state index contributed by atoms with van der Waals surface area (Å²) in [6.07, 6.45) is 0. The number of benzene rings is 2. The molecule has 0 aliphatic rings. The Balaban J connectivity index is 1.96. The number of hydrogen-bond donors (Lipinski definition) is 2. The summed E-state index contributed by atoms with van der Waals surface area (Å²) in [4.78, 5) is 26.7. The van der Waals surface area contributed by atoms with E-state index in [0.717, 1.165) is 11.1 Å². The molecule has 8 nitrogen and oxygen atoms in total. The van der Waals surface area contributed by atoms with E-state index in [1.165, 1.54) is 19.2 Å². The van der Waals surface area contributed by atoms with Gasteiger partial charge in [0.1, 0.15) is 23.1 Å². The summed E-state index contributed by atoms with van der Waals surface area (Å²) >= 11 is 1.38. The number of H-pyrrole nitrogens is 1.